The summed E-state index contributed by atoms with van der Waals surface area (Å²) in [6.07, 6.45) is 0.933. The number of hydrogen-bond acceptors (Lipinski definition) is 3. The standard InChI is InChI=1S/C24H27NO2/c1-18-23(26-2)15-14-21(24(18)27-3)17-25-22(20-12-8-5-9-13-20)16-19-10-6-4-7-11-19/h4-15,22,25H,16-17H2,1-3H3. The van der Waals surface area contributed by atoms with Crippen molar-refractivity contribution in [3.05, 3.63) is 95.1 Å². The lowest BCUT2D eigenvalue weighted by Crippen LogP contribution is -2.23. The minimum Gasteiger partial charge on any atom is -0.496 e. The largest absolute Gasteiger partial charge is 0.496 e. The molecule has 0 fully saturated rings. The van der Waals surface area contributed by atoms with Crippen molar-refractivity contribution in [2.75, 3.05) is 14.2 Å². The maximum atomic E-state index is 5.65. The number of rotatable bonds is 8. The Morgan fingerprint density at radius 2 is 1.48 bits per heavy atom. The molecule has 3 aromatic rings. The molecule has 0 amide bonds. The average Bonchev–Trinajstić information content (AvgIpc) is 2.72. The molecule has 0 aliphatic rings. The zero-order valence-corrected chi connectivity index (χ0v) is 16.2. The predicted octanol–water partition coefficient (Wildman–Crippen LogP) is 5.09. The summed E-state index contributed by atoms with van der Waals surface area (Å²) in [5.74, 6) is 1.73. The van der Waals surface area contributed by atoms with Crippen LogP contribution in [0.25, 0.3) is 0 Å². The van der Waals surface area contributed by atoms with Gasteiger partial charge >= 0.3 is 0 Å². The molecule has 0 aliphatic heterocycles. The van der Waals surface area contributed by atoms with Gasteiger partial charge in [0, 0.05) is 23.7 Å². The van der Waals surface area contributed by atoms with Gasteiger partial charge in [0.05, 0.1) is 14.2 Å². The Kier molecular flexibility index (Phi) is 6.50. The molecule has 0 spiro atoms. The molecule has 3 aromatic carbocycles. The van der Waals surface area contributed by atoms with E-state index in [2.05, 4.69) is 72.0 Å². The summed E-state index contributed by atoms with van der Waals surface area (Å²) in [6.45, 7) is 2.75. The quantitative estimate of drug-likeness (QED) is 0.606. The summed E-state index contributed by atoms with van der Waals surface area (Å²) in [7, 11) is 3.40. The Labute approximate surface area is 162 Å². The molecule has 0 aliphatic carbocycles. The second-order valence-corrected chi connectivity index (χ2v) is 6.62. The highest BCUT2D eigenvalue weighted by molar-refractivity contribution is 5.49. The number of hydrogen-bond donors (Lipinski definition) is 1. The van der Waals surface area contributed by atoms with Gasteiger partial charge in [-0.05, 0) is 30.5 Å². The molecule has 0 saturated heterocycles. The van der Waals surface area contributed by atoms with Crippen LogP contribution in [0.3, 0.4) is 0 Å². The second kappa shape index (κ2) is 9.24. The molecular weight excluding hydrogens is 334 g/mol. The van der Waals surface area contributed by atoms with Crippen molar-refractivity contribution in [1.29, 1.82) is 0 Å². The molecule has 3 nitrogen and oxygen atoms in total. The molecule has 0 bridgehead atoms. The summed E-state index contributed by atoms with van der Waals surface area (Å²) in [6, 6.07) is 25.5. The topological polar surface area (TPSA) is 30.5 Å². The highest BCUT2D eigenvalue weighted by Gasteiger charge is 2.15. The zero-order chi connectivity index (χ0) is 19.1. The Morgan fingerprint density at radius 1 is 0.815 bits per heavy atom. The van der Waals surface area contributed by atoms with Crippen molar-refractivity contribution in [2.24, 2.45) is 0 Å². The van der Waals surface area contributed by atoms with Crippen LogP contribution in [0.5, 0.6) is 11.5 Å². The minimum atomic E-state index is 0.223. The molecule has 3 rings (SSSR count). The van der Waals surface area contributed by atoms with Gasteiger partial charge in [-0.2, -0.15) is 0 Å². The van der Waals surface area contributed by atoms with Crippen molar-refractivity contribution in [1.82, 2.24) is 5.32 Å². The monoisotopic (exact) mass is 361 g/mol. The van der Waals surface area contributed by atoms with Crippen LogP contribution >= 0.6 is 0 Å². The van der Waals surface area contributed by atoms with Crippen molar-refractivity contribution < 1.29 is 9.47 Å². The highest BCUT2D eigenvalue weighted by Crippen LogP contribution is 2.31. The Bertz CT molecular complexity index is 847. The van der Waals surface area contributed by atoms with E-state index in [1.807, 2.05) is 13.0 Å². The van der Waals surface area contributed by atoms with Crippen molar-refractivity contribution >= 4 is 0 Å². The first kappa shape index (κ1) is 19.0. The van der Waals surface area contributed by atoms with Crippen molar-refractivity contribution in [3.8, 4) is 11.5 Å². The molecule has 1 atom stereocenters. The van der Waals surface area contributed by atoms with Gasteiger partial charge in [0.25, 0.3) is 0 Å². The first-order valence-electron chi connectivity index (χ1n) is 9.25. The van der Waals surface area contributed by atoms with E-state index < -0.39 is 0 Å². The van der Waals surface area contributed by atoms with E-state index in [0.717, 1.165) is 35.6 Å². The number of nitrogens with one attached hydrogen (secondary N) is 1. The lowest BCUT2D eigenvalue weighted by Gasteiger charge is -2.21. The van der Waals surface area contributed by atoms with Crippen LogP contribution in [0, 0.1) is 6.92 Å². The maximum Gasteiger partial charge on any atom is 0.129 e. The van der Waals surface area contributed by atoms with E-state index in [1.54, 1.807) is 14.2 Å². The SMILES string of the molecule is COc1ccc(CNC(Cc2ccccc2)c2ccccc2)c(OC)c1C. The van der Waals surface area contributed by atoms with Crippen molar-refractivity contribution in [2.45, 2.75) is 25.9 Å². The van der Waals surface area contributed by atoms with Crippen LogP contribution in [-0.2, 0) is 13.0 Å². The fraction of sp³-hybridized carbons (Fsp3) is 0.250. The number of ether oxygens (including phenoxy) is 2. The van der Waals surface area contributed by atoms with Gasteiger partial charge in [0.15, 0.2) is 0 Å². The van der Waals surface area contributed by atoms with Crippen LogP contribution in [0.15, 0.2) is 72.8 Å². The highest BCUT2D eigenvalue weighted by atomic mass is 16.5. The Hall–Kier alpha value is -2.78. The number of benzene rings is 3. The molecule has 0 saturated carbocycles. The first-order chi connectivity index (χ1) is 13.2. The molecule has 0 heterocycles. The Balaban J connectivity index is 1.82. The zero-order valence-electron chi connectivity index (χ0n) is 16.2. The first-order valence-corrected chi connectivity index (χ1v) is 9.25. The molecule has 0 radical (unpaired) electrons. The van der Waals surface area contributed by atoms with E-state index in [1.165, 1.54) is 11.1 Å². The van der Waals surface area contributed by atoms with Gasteiger partial charge in [-0.15, -0.1) is 0 Å². The molecular formula is C24H27NO2. The fourth-order valence-corrected chi connectivity index (χ4v) is 3.45. The smallest absolute Gasteiger partial charge is 0.129 e. The van der Waals surface area contributed by atoms with Gasteiger partial charge in [-0.1, -0.05) is 66.7 Å². The summed E-state index contributed by atoms with van der Waals surface area (Å²) < 4.78 is 11.1. The van der Waals surface area contributed by atoms with E-state index in [-0.39, 0.29) is 6.04 Å². The normalized spacial score (nSPS) is 11.8. The van der Waals surface area contributed by atoms with Gasteiger partial charge in [-0.3, -0.25) is 0 Å². The lowest BCUT2D eigenvalue weighted by atomic mass is 9.98. The van der Waals surface area contributed by atoms with E-state index in [9.17, 15) is 0 Å². The molecule has 27 heavy (non-hydrogen) atoms. The third kappa shape index (κ3) is 4.69. The predicted molar refractivity (Wildman–Crippen MR) is 110 cm³/mol. The second-order valence-electron chi connectivity index (χ2n) is 6.62. The molecule has 1 N–H and O–H groups in total. The van der Waals surface area contributed by atoms with Gasteiger partial charge in [-0.25, -0.2) is 0 Å². The molecule has 1 unspecified atom stereocenters. The molecule has 0 aromatic heterocycles. The van der Waals surface area contributed by atoms with Crippen LogP contribution in [0.4, 0.5) is 0 Å². The van der Waals surface area contributed by atoms with E-state index in [0.29, 0.717) is 0 Å². The van der Waals surface area contributed by atoms with E-state index >= 15 is 0 Å². The minimum absolute atomic E-state index is 0.223. The van der Waals surface area contributed by atoms with Crippen LogP contribution in [0.1, 0.15) is 28.3 Å². The lowest BCUT2D eigenvalue weighted by molar-refractivity contribution is 0.383. The molecule has 3 heteroatoms. The van der Waals surface area contributed by atoms with Gasteiger partial charge < -0.3 is 14.8 Å². The third-order valence-corrected chi connectivity index (χ3v) is 4.89. The van der Waals surface area contributed by atoms with Crippen LogP contribution < -0.4 is 14.8 Å². The summed E-state index contributed by atoms with van der Waals surface area (Å²) >= 11 is 0. The summed E-state index contributed by atoms with van der Waals surface area (Å²) in [5, 5.41) is 3.72. The van der Waals surface area contributed by atoms with Gasteiger partial charge in [0.1, 0.15) is 11.5 Å². The Morgan fingerprint density at radius 3 is 2.11 bits per heavy atom. The average molecular weight is 361 g/mol. The molecule has 140 valence electrons. The van der Waals surface area contributed by atoms with Gasteiger partial charge in [0.2, 0.25) is 0 Å². The summed E-state index contributed by atoms with van der Waals surface area (Å²) in [4.78, 5) is 0. The van der Waals surface area contributed by atoms with Crippen LogP contribution in [0.2, 0.25) is 0 Å². The fourth-order valence-electron chi connectivity index (χ4n) is 3.45. The number of methoxy groups -OCH3 is 2. The third-order valence-electron chi connectivity index (χ3n) is 4.89. The summed E-state index contributed by atoms with van der Waals surface area (Å²) in [5.41, 5.74) is 4.76. The van der Waals surface area contributed by atoms with Crippen LogP contribution in [-0.4, -0.2) is 14.2 Å². The van der Waals surface area contributed by atoms with E-state index in [4.69, 9.17) is 9.47 Å². The van der Waals surface area contributed by atoms with Crippen molar-refractivity contribution in [3.63, 3.8) is 0 Å². The maximum absolute atomic E-state index is 5.65.